The lowest BCUT2D eigenvalue weighted by Crippen LogP contribution is -2.43. The molecule has 2 amide bonds. The molecule has 7 nitrogen and oxygen atoms in total. The molecule has 0 unspecified atom stereocenters. The minimum absolute atomic E-state index is 0.00693. The van der Waals surface area contributed by atoms with Crippen LogP contribution in [-0.2, 0) is 9.53 Å². The molecule has 0 radical (unpaired) electrons. The smallest absolute Gasteiger partial charge is 0.407 e. The molecule has 4 rings (SSSR count). The van der Waals surface area contributed by atoms with Crippen LogP contribution in [0.2, 0.25) is 0 Å². The van der Waals surface area contributed by atoms with E-state index in [2.05, 4.69) is 10.3 Å². The number of ether oxygens (including phenoxy) is 2. The molecule has 1 aliphatic rings. The number of hydrogen-bond donors (Lipinski definition) is 1. The van der Waals surface area contributed by atoms with E-state index in [4.69, 9.17) is 9.47 Å². The second-order valence-electron chi connectivity index (χ2n) is 9.11. The maximum atomic E-state index is 12.7. The van der Waals surface area contributed by atoms with Crippen molar-refractivity contribution in [1.82, 2.24) is 15.2 Å². The summed E-state index contributed by atoms with van der Waals surface area (Å²) in [5, 5.41) is 6.90. The van der Waals surface area contributed by atoms with Gasteiger partial charge in [-0.2, -0.15) is 0 Å². The minimum atomic E-state index is -0.502. The first-order valence-electron chi connectivity index (χ1n) is 10.8. The first-order chi connectivity index (χ1) is 15.2. The summed E-state index contributed by atoms with van der Waals surface area (Å²) in [6.07, 6.45) is 1.31. The van der Waals surface area contributed by atoms with Gasteiger partial charge in [0.2, 0.25) is 0 Å². The lowest BCUT2D eigenvalue weighted by Gasteiger charge is -2.32. The monoisotopic (exact) mass is 475 g/mol. The maximum absolute atomic E-state index is 12.7. The Labute approximate surface area is 195 Å². The van der Waals surface area contributed by atoms with E-state index in [1.54, 1.807) is 22.7 Å². The molecule has 0 bridgehead atoms. The highest BCUT2D eigenvalue weighted by Crippen LogP contribution is 2.38. The standard InChI is InChI=1S/C23H29N3O4S2/c1-14-25-20-18(32-14)11-17(16-7-10-31-21(16)20)29-13-19(27)26-8-5-15(6-9-26)12-24-22(28)30-23(2,3)4/h7,10-11,15H,5-6,8-9,12-13H2,1-4H3,(H,24,28). The summed E-state index contributed by atoms with van der Waals surface area (Å²) in [7, 11) is 0. The van der Waals surface area contributed by atoms with Gasteiger partial charge >= 0.3 is 6.09 Å². The number of fused-ring (bicyclic) bond motifs is 3. The van der Waals surface area contributed by atoms with Crippen LogP contribution in [0.15, 0.2) is 17.5 Å². The van der Waals surface area contributed by atoms with Crippen molar-refractivity contribution < 1.29 is 19.1 Å². The first-order valence-corrected chi connectivity index (χ1v) is 12.5. The van der Waals surface area contributed by atoms with Crippen molar-refractivity contribution in [2.75, 3.05) is 26.2 Å². The highest BCUT2D eigenvalue weighted by atomic mass is 32.1. The lowest BCUT2D eigenvalue weighted by molar-refractivity contribution is -0.134. The average molecular weight is 476 g/mol. The molecule has 1 saturated heterocycles. The number of piperidine rings is 1. The third-order valence-corrected chi connectivity index (χ3v) is 7.26. The van der Waals surface area contributed by atoms with Gasteiger partial charge in [-0.1, -0.05) is 0 Å². The number of nitrogens with one attached hydrogen (secondary N) is 1. The number of likely N-dealkylation sites (tertiary alicyclic amines) is 1. The molecule has 0 spiro atoms. The van der Waals surface area contributed by atoms with Gasteiger partial charge in [-0.3, -0.25) is 4.79 Å². The van der Waals surface area contributed by atoms with E-state index in [9.17, 15) is 9.59 Å². The van der Waals surface area contributed by atoms with Gasteiger partial charge in [0.05, 0.1) is 19.9 Å². The first kappa shape index (κ1) is 22.8. The molecular weight excluding hydrogens is 446 g/mol. The Morgan fingerprint density at radius 2 is 2.03 bits per heavy atom. The van der Waals surface area contributed by atoms with Crippen molar-refractivity contribution in [3.05, 3.63) is 22.5 Å². The molecule has 0 saturated carbocycles. The van der Waals surface area contributed by atoms with E-state index in [0.717, 1.165) is 43.9 Å². The molecule has 1 aromatic carbocycles. The maximum Gasteiger partial charge on any atom is 0.407 e. The molecule has 9 heteroatoms. The number of amides is 2. The number of aromatic nitrogens is 1. The minimum Gasteiger partial charge on any atom is -0.483 e. The number of aryl methyl sites for hydroxylation is 1. The summed E-state index contributed by atoms with van der Waals surface area (Å²) in [4.78, 5) is 31.1. The summed E-state index contributed by atoms with van der Waals surface area (Å²) in [6.45, 7) is 9.47. The fraction of sp³-hybridized carbons (Fsp3) is 0.522. The fourth-order valence-corrected chi connectivity index (χ4v) is 5.70. The molecular formula is C23H29N3O4S2. The summed E-state index contributed by atoms with van der Waals surface area (Å²) in [5.41, 5.74) is 0.510. The molecule has 32 heavy (non-hydrogen) atoms. The molecule has 2 aromatic heterocycles. The quantitative estimate of drug-likeness (QED) is 0.564. The van der Waals surface area contributed by atoms with Gasteiger partial charge < -0.3 is 19.7 Å². The number of rotatable bonds is 5. The Morgan fingerprint density at radius 3 is 2.75 bits per heavy atom. The largest absolute Gasteiger partial charge is 0.483 e. The Morgan fingerprint density at radius 1 is 1.28 bits per heavy atom. The van der Waals surface area contributed by atoms with Crippen LogP contribution < -0.4 is 10.1 Å². The molecule has 0 atom stereocenters. The van der Waals surface area contributed by atoms with Crippen LogP contribution in [0.1, 0.15) is 38.6 Å². The van der Waals surface area contributed by atoms with E-state index in [-0.39, 0.29) is 12.5 Å². The van der Waals surface area contributed by atoms with Gasteiger partial charge in [-0.15, -0.1) is 22.7 Å². The number of thiazole rings is 1. The van der Waals surface area contributed by atoms with Crippen molar-refractivity contribution in [2.45, 2.75) is 46.1 Å². The molecule has 3 heterocycles. The summed E-state index contributed by atoms with van der Waals surface area (Å²) < 4.78 is 13.5. The van der Waals surface area contributed by atoms with Gasteiger partial charge in [0.15, 0.2) is 6.61 Å². The lowest BCUT2D eigenvalue weighted by atomic mass is 9.97. The Hall–Kier alpha value is -2.39. The van der Waals surface area contributed by atoms with E-state index in [0.29, 0.717) is 25.6 Å². The van der Waals surface area contributed by atoms with Gasteiger partial charge in [0.1, 0.15) is 11.4 Å². The zero-order chi connectivity index (χ0) is 22.9. The van der Waals surface area contributed by atoms with Gasteiger partial charge in [-0.05, 0) is 57.9 Å². The molecule has 3 aromatic rings. The zero-order valence-corrected chi connectivity index (χ0v) is 20.5. The van der Waals surface area contributed by atoms with Crippen molar-refractivity contribution >= 4 is 55.0 Å². The van der Waals surface area contributed by atoms with Crippen LogP contribution in [0.5, 0.6) is 5.75 Å². The summed E-state index contributed by atoms with van der Waals surface area (Å²) in [5.74, 6) is 1.07. The normalized spacial score (nSPS) is 15.3. The van der Waals surface area contributed by atoms with Crippen LogP contribution in [-0.4, -0.2) is 53.7 Å². The van der Waals surface area contributed by atoms with Crippen LogP contribution in [0.4, 0.5) is 4.79 Å². The number of hydrogen-bond acceptors (Lipinski definition) is 7. The van der Waals surface area contributed by atoms with Crippen LogP contribution in [0, 0.1) is 12.8 Å². The Bertz CT molecular complexity index is 1120. The third kappa shape index (κ3) is 5.32. The van der Waals surface area contributed by atoms with Crippen molar-refractivity contribution in [1.29, 1.82) is 0 Å². The second-order valence-corrected chi connectivity index (χ2v) is 11.3. The van der Waals surface area contributed by atoms with Gasteiger partial charge in [-0.25, -0.2) is 9.78 Å². The van der Waals surface area contributed by atoms with Crippen molar-refractivity contribution in [3.63, 3.8) is 0 Å². The predicted molar refractivity (Wildman–Crippen MR) is 129 cm³/mol. The number of thiophene rings is 1. The summed E-state index contributed by atoms with van der Waals surface area (Å²) in [6, 6.07) is 4.02. The fourth-order valence-electron chi connectivity index (χ4n) is 3.87. The topological polar surface area (TPSA) is 80.8 Å². The Kier molecular flexibility index (Phi) is 6.57. The van der Waals surface area contributed by atoms with Crippen LogP contribution in [0.25, 0.3) is 20.3 Å². The van der Waals surface area contributed by atoms with Crippen LogP contribution >= 0.6 is 22.7 Å². The molecule has 0 aliphatic carbocycles. The number of benzene rings is 1. The zero-order valence-electron chi connectivity index (χ0n) is 18.9. The second kappa shape index (κ2) is 9.23. The molecule has 1 fully saturated rings. The van der Waals surface area contributed by atoms with Gasteiger partial charge in [0, 0.05) is 31.1 Å². The molecule has 1 N–H and O–H groups in total. The van der Waals surface area contributed by atoms with E-state index >= 15 is 0 Å². The number of nitrogens with zero attached hydrogens (tertiary/aromatic N) is 2. The van der Waals surface area contributed by atoms with E-state index in [1.807, 2.05) is 50.1 Å². The summed E-state index contributed by atoms with van der Waals surface area (Å²) >= 11 is 3.28. The van der Waals surface area contributed by atoms with Gasteiger partial charge in [0.25, 0.3) is 5.91 Å². The SMILES string of the molecule is Cc1nc2c(cc(OCC(=O)N3CCC(CNC(=O)OC(C)(C)C)CC3)c3ccsc32)s1. The predicted octanol–water partition coefficient (Wildman–Crippen LogP) is 4.96. The van der Waals surface area contributed by atoms with E-state index < -0.39 is 11.7 Å². The average Bonchev–Trinajstić information content (AvgIpc) is 3.35. The number of carbonyl (C=O) groups is 2. The van der Waals surface area contributed by atoms with Crippen LogP contribution in [0.3, 0.4) is 0 Å². The molecule has 172 valence electrons. The third-order valence-electron chi connectivity index (χ3n) is 5.42. The number of carbonyl (C=O) groups excluding carboxylic acids is 2. The highest BCUT2D eigenvalue weighted by Gasteiger charge is 2.25. The van der Waals surface area contributed by atoms with Crippen molar-refractivity contribution in [3.8, 4) is 5.75 Å². The number of alkyl carbamates (subject to hydrolysis) is 1. The highest BCUT2D eigenvalue weighted by molar-refractivity contribution is 7.21. The van der Waals surface area contributed by atoms with Crippen molar-refractivity contribution in [2.24, 2.45) is 5.92 Å². The molecule has 1 aliphatic heterocycles. The Balaban J connectivity index is 1.28. The van der Waals surface area contributed by atoms with E-state index in [1.165, 1.54) is 0 Å².